The molecule has 0 aromatic heterocycles. The van der Waals surface area contributed by atoms with Crippen LogP contribution in [0.5, 0.6) is 0 Å². The lowest BCUT2D eigenvalue weighted by Crippen LogP contribution is -2.39. The van der Waals surface area contributed by atoms with Crippen LogP contribution in [-0.2, 0) is 19.1 Å². The van der Waals surface area contributed by atoms with Crippen molar-refractivity contribution in [2.24, 2.45) is 11.8 Å². The number of ether oxygens (including phenoxy) is 2. The zero-order valence-corrected chi connectivity index (χ0v) is 12.5. The highest BCUT2D eigenvalue weighted by molar-refractivity contribution is 6.02. The molecule has 3 heterocycles. The monoisotopic (exact) mass is 299 g/mol. The zero-order valence-electron chi connectivity index (χ0n) is 12.5. The molecule has 0 radical (unpaired) electrons. The second-order valence-corrected chi connectivity index (χ2v) is 6.19. The van der Waals surface area contributed by atoms with Crippen LogP contribution in [0.1, 0.15) is 5.56 Å². The smallest absolute Gasteiger partial charge is 0.312 e. The van der Waals surface area contributed by atoms with Crippen molar-refractivity contribution in [2.45, 2.75) is 18.6 Å². The minimum Gasteiger partial charge on any atom is -0.469 e. The number of nitrogens with zero attached hydrogens (tertiary/aromatic N) is 1. The van der Waals surface area contributed by atoms with Crippen LogP contribution in [0.3, 0.4) is 0 Å². The number of amides is 1. The first-order valence-corrected chi connectivity index (χ1v) is 7.39. The summed E-state index contributed by atoms with van der Waals surface area (Å²) in [5.41, 5.74) is 1.24. The summed E-state index contributed by atoms with van der Waals surface area (Å²) in [6.45, 7) is 2.43. The fourth-order valence-electron chi connectivity index (χ4n) is 3.92. The van der Waals surface area contributed by atoms with Crippen LogP contribution in [0.4, 0.5) is 5.69 Å². The van der Waals surface area contributed by atoms with Gasteiger partial charge in [-0.3, -0.25) is 9.59 Å². The first-order valence-electron chi connectivity index (χ1n) is 7.39. The van der Waals surface area contributed by atoms with E-state index in [1.807, 2.05) is 43.3 Å². The summed E-state index contributed by atoms with van der Waals surface area (Å²) in [6, 6.07) is 7.79. The van der Waals surface area contributed by atoms with Crippen molar-refractivity contribution in [3.8, 4) is 0 Å². The predicted octanol–water partition coefficient (Wildman–Crippen LogP) is 1.45. The predicted molar refractivity (Wildman–Crippen MR) is 79.3 cm³/mol. The molecule has 0 saturated carbocycles. The molecule has 0 N–H and O–H groups in total. The molecule has 1 amide bonds. The normalized spacial score (nSPS) is 35.1. The van der Waals surface area contributed by atoms with Gasteiger partial charge < -0.3 is 14.4 Å². The Kier molecular flexibility index (Phi) is 2.72. The van der Waals surface area contributed by atoms with Gasteiger partial charge in [0.2, 0.25) is 5.91 Å². The molecule has 5 heteroatoms. The van der Waals surface area contributed by atoms with Gasteiger partial charge in [0.1, 0.15) is 11.5 Å². The molecule has 4 rings (SSSR count). The number of hydrogen-bond donors (Lipinski definition) is 0. The molecule has 3 aliphatic rings. The molecule has 4 atom stereocenters. The zero-order chi connectivity index (χ0) is 15.5. The fraction of sp³-hybridized carbons (Fsp3) is 0.412. The molecular weight excluding hydrogens is 282 g/mol. The molecule has 22 heavy (non-hydrogen) atoms. The molecule has 0 aliphatic carbocycles. The Morgan fingerprint density at radius 3 is 3.00 bits per heavy atom. The first-order chi connectivity index (χ1) is 10.6. The van der Waals surface area contributed by atoms with Gasteiger partial charge in [0.15, 0.2) is 0 Å². The molecule has 1 aromatic rings. The average molecular weight is 299 g/mol. The third kappa shape index (κ3) is 1.63. The van der Waals surface area contributed by atoms with Crippen LogP contribution in [0.25, 0.3) is 0 Å². The van der Waals surface area contributed by atoms with Gasteiger partial charge in [0.05, 0.1) is 25.7 Å². The van der Waals surface area contributed by atoms with E-state index in [4.69, 9.17) is 9.47 Å². The maximum absolute atomic E-state index is 12.9. The van der Waals surface area contributed by atoms with Crippen LogP contribution in [0, 0.1) is 18.8 Å². The minimum atomic E-state index is -0.690. The van der Waals surface area contributed by atoms with Crippen molar-refractivity contribution in [2.75, 3.05) is 18.6 Å². The topological polar surface area (TPSA) is 55.8 Å². The average Bonchev–Trinajstić information content (AvgIpc) is 3.15. The van der Waals surface area contributed by atoms with Gasteiger partial charge in [-0.2, -0.15) is 0 Å². The van der Waals surface area contributed by atoms with E-state index in [-0.39, 0.29) is 18.0 Å². The Labute approximate surface area is 128 Å². The molecule has 3 aliphatic heterocycles. The lowest BCUT2D eigenvalue weighted by atomic mass is 9.77. The van der Waals surface area contributed by atoms with E-state index in [1.165, 1.54) is 7.11 Å². The maximum atomic E-state index is 12.9. The Morgan fingerprint density at radius 2 is 2.27 bits per heavy atom. The lowest BCUT2D eigenvalue weighted by Gasteiger charge is -2.22. The molecule has 0 unspecified atom stereocenters. The third-order valence-corrected chi connectivity index (χ3v) is 4.89. The standard InChI is InChI=1S/C17H17NO4/c1-10-4-3-5-11(8-10)18-9-17-7-6-12(22-17)13(16(20)21-2)14(17)15(18)19/h3-8,12-14H,9H2,1-2H3/t12-,13-,14+,17+/m0/s1. The van der Waals surface area contributed by atoms with Crippen LogP contribution in [-0.4, -0.2) is 37.2 Å². The Hall–Kier alpha value is -2.14. The SMILES string of the molecule is COC(=O)[C@H]1[C@@H]2C=C[C@]3(CN(c4cccc(C)c4)C(=O)[C@@H]13)O2. The van der Waals surface area contributed by atoms with Crippen LogP contribution >= 0.6 is 0 Å². The molecule has 5 nitrogen and oxygen atoms in total. The van der Waals surface area contributed by atoms with Gasteiger partial charge in [-0.05, 0) is 24.6 Å². The molecule has 1 aromatic carbocycles. The summed E-state index contributed by atoms with van der Waals surface area (Å²) in [4.78, 5) is 26.7. The van der Waals surface area contributed by atoms with Gasteiger partial charge >= 0.3 is 5.97 Å². The van der Waals surface area contributed by atoms with Crippen LogP contribution in [0.2, 0.25) is 0 Å². The van der Waals surface area contributed by atoms with Crippen molar-refractivity contribution >= 4 is 17.6 Å². The summed E-state index contributed by atoms with van der Waals surface area (Å²) in [5.74, 6) is -1.47. The number of aryl methyl sites for hydroxylation is 1. The Balaban J connectivity index is 1.73. The molecule has 1 spiro atoms. The molecule has 2 bridgehead atoms. The van der Waals surface area contributed by atoms with E-state index in [2.05, 4.69) is 0 Å². The van der Waals surface area contributed by atoms with E-state index in [1.54, 1.807) is 4.90 Å². The van der Waals surface area contributed by atoms with Gasteiger partial charge in [0.25, 0.3) is 0 Å². The van der Waals surface area contributed by atoms with Crippen molar-refractivity contribution in [1.82, 2.24) is 0 Å². The summed E-state index contributed by atoms with van der Waals surface area (Å²) in [5, 5.41) is 0. The largest absolute Gasteiger partial charge is 0.469 e. The Morgan fingerprint density at radius 1 is 1.45 bits per heavy atom. The van der Waals surface area contributed by atoms with Crippen LogP contribution in [0.15, 0.2) is 36.4 Å². The maximum Gasteiger partial charge on any atom is 0.312 e. The highest BCUT2D eigenvalue weighted by atomic mass is 16.5. The number of anilines is 1. The number of fused-ring (bicyclic) bond motifs is 1. The quantitative estimate of drug-likeness (QED) is 0.613. The summed E-state index contributed by atoms with van der Waals surface area (Å²) >= 11 is 0. The van der Waals surface area contributed by atoms with Gasteiger partial charge in [0, 0.05) is 5.69 Å². The highest BCUT2D eigenvalue weighted by Gasteiger charge is 2.67. The van der Waals surface area contributed by atoms with Crippen molar-refractivity contribution in [3.63, 3.8) is 0 Å². The second kappa shape index (κ2) is 4.43. The van der Waals surface area contributed by atoms with Crippen molar-refractivity contribution < 1.29 is 19.1 Å². The second-order valence-electron chi connectivity index (χ2n) is 6.19. The number of carbonyl (C=O) groups is 2. The summed E-state index contributed by atoms with van der Waals surface area (Å²) in [6.07, 6.45) is 3.47. The van der Waals surface area contributed by atoms with E-state index < -0.39 is 17.4 Å². The molecular formula is C17H17NO4. The number of hydrogen-bond acceptors (Lipinski definition) is 4. The lowest BCUT2D eigenvalue weighted by molar-refractivity contribution is -0.149. The third-order valence-electron chi connectivity index (χ3n) is 4.89. The summed E-state index contributed by atoms with van der Waals surface area (Å²) in [7, 11) is 1.35. The van der Waals surface area contributed by atoms with Crippen LogP contribution < -0.4 is 4.90 Å². The van der Waals surface area contributed by atoms with E-state index in [0.717, 1.165) is 11.3 Å². The van der Waals surface area contributed by atoms with E-state index >= 15 is 0 Å². The highest BCUT2D eigenvalue weighted by Crippen LogP contribution is 2.52. The Bertz CT molecular complexity index is 698. The minimum absolute atomic E-state index is 0.0622. The molecule has 114 valence electrons. The van der Waals surface area contributed by atoms with Gasteiger partial charge in [-0.1, -0.05) is 24.3 Å². The number of carbonyl (C=O) groups excluding carboxylic acids is 2. The number of benzene rings is 1. The van der Waals surface area contributed by atoms with Gasteiger partial charge in [-0.15, -0.1) is 0 Å². The first kappa shape index (κ1) is 13.5. The van der Waals surface area contributed by atoms with E-state index in [0.29, 0.717) is 6.54 Å². The van der Waals surface area contributed by atoms with Crippen molar-refractivity contribution in [1.29, 1.82) is 0 Å². The number of rotatable bonds is 2. The van der Waals surface area contributed by atoms with Crippen molar-refractivity contribution in [3.05, 3.63) is 42.0 Å². The van der Waals surface area contributed by atoms with Gasteiger partial charge in [-0.25, -0.2) is 0 Å². The number of methoxy groups -OCH3 is 1. The molecule has 2 fully saturated rings. The summed E-state index contributed by atoms with van der Waals surface area (Å²) < 4.78 is 10.9. The molecule has 2 saturated heterocycles. The number of esters is 1. The van der Waals surface area contributed by atoms with E-state index in [9.17, 15) is 9.59 Å². The fourth-order valence-corrected chi connectivity index (χ4v) is 3.92.